The fraction of sp³-hybridized carbons (Fsp3) is 0.357. The first-order valence-electron chi connectivity index (χ1n) is 6.46. The van der Waals surface area contributed by atoms with Gasteiger partial charge < -0.3 is 20.1 Å². The van der Waals surface area contributed by atoms with Gasteiger partial charge in [-0.25, -0.2) is 0 Å². The molecule has 3 rings (SSSR count). The van der Waals surface area contributed by atoms with Crippen molar-refractivity contribution in [1.82, 2.24) is 0 Å². The number of anilines is 2. The first-order valence-corrected chi connectivity index (χ1v) is 6.46. The molecule has 2 N–H and O–H groups in total. The average molecular weight is 260 g/mol. The van der Waals surface area contributed by atoms with Crippen LogP contribution in [0.25, 0.3) is 0 Å². The number of hydrogen-bond donors (Lipinski definition) is 2. The number of fused-ring (bicyclic) bond motifs is 1. The molecule has 5 heteroatoms. The predicted molar refractivity (Wildman–Crippen MR) is 71.9 cm³/mol. The van der Waals surface area contributed by atoms with Gasteiger partial charge in [0.05, 0.1) is 0 Å². The Balaban J connectivity index is 1.72. The third-order valence-electron chi connectivity index (χ3n) is 3.18. The van der Waals surface area contributed by atoms with Crippen LogP contribution in [-0.2, 0) is 20.7 Å². The number of hydrogen-bond acceptors (Lipinski definition) is 4. The molecule has 1 aromatic carbocycles. The van der Waals surface area contributed by atoms with E-state index in [9.17, 15) is 4.79 Å². The number of carbonyl (C=O) groups excluding carboxylic acids is 1. The van der Waals surface area contributed by atoms with Crippen LogP contribution in [0.1, 0.15) is 12.0 Å². The van der Waals surface area contributed by atoms with Crippen LogP contribution in [0.3, 0.4) is 0 Å². The van der Waals surface area contributed by atoms with Crippen LogP contribution in [0.4, 0.5) is 11.4 Å². The second-order valence-electron chi connectivity index (χ2n) is 4.56. The Morgan fingerprint density at radius 3 is 3.11 bits per heavy atom. The Hall–Kier alpha value is -2.17. The maximum atomic E-state index is 11.9. The van der Waals surface area contributed by atoms with Gasteiger partial charge in [0.2, 0.25) is 5.76 Å². The minimum atomic E-state index is -0.282. The predicted octanol–water partition coefficient (Wildman–Crippen LogP) is 1.87. The SMILES string of the molecule is O=C(Nc1ccc2c(c1)NCCC2)C1=COCCO1. The highest BCUT2D eigenvalue weighted by Crippen LogP contribution is 2.25. The van der Waals surface area contributed by atoms with E-state index in [0.717, 1.165) is 30.8 Å². The average Bonchev–Trinajstić information content (AvgIpc) is 2.48. The summed E-state index contributed by atoms with van der Waals surface area (Å²) in [6, 6.07) is 5.91. The molecule has 100 valence electrons. The van der Waals surface area contributed by atoms with Gasteiger partial charge >= 0.3 is 0 Å². The Morgan fingerprint density at radius 1 is 1.32 bits per heavy atom. The summed E-state index contributed by atoms with van der Waals surface area (Å²) >= 11 is 0. The van der Waals surface area contributed by atoms with Crippen molar-refractivity contribution in [1.29, 1.82) is 0 Å². The quantitative estimate of drug-likeness (QED) is 0.852. The molecule has 0 aromatic heterocycles. The summed E-state index contributed by atoms with van der Waals surface area (Å²) in [5, 5.41) is 6.14. The van der Waals surface area contributed by atoms with E-state index >= 15 is 0 Å². The summed E-state index contributed by atoms with van der Waals surface area (Å²) in [5.74, 6) is -0.0626. The van der Waals surface area contributed by atoms with Crippen molar-refractivity contribution < 1.29 is 14.3 Å². The zero-order valence-corrected chi connectivity index (χ0v) is 10.6. The number of benzene rings is 1. The van der Waals surface area contributed by atoms with Crippen molar-refractivity contribution in [2.75, 3.05) is 30.4 Å². The normalized spacial score (nSPS) is 17.2. The topological polar surface area (TPSA) is 59.6 Å². The van der Waals surface area contributed by atoms with E-state index in [-0.39, 0.29) is 11.7 Å². The highest BCUT2D eigenvalue weighted by atomic mass is 16.6. The number of carbonyl (C=O) groups is 1. The van der Waals surface area contributed by atoms with Gasteiger partial charge in [-0.2, -0.15) is 0 Å². The molecule has 0 spiro atoms. The Kier molecular flexibility index (Phi) is 3.27. The van der Waals surface area contributed by atoms with Crippen molar-refractivity contribution >= 4 is 17.3 Å². The molecule has 1 aromatic rings. The van der Waals surface area contributed by atoms with E-state index in [4.69, 9.17) is 9.47 Å². The van der Waals surface area contributed by atoms with Gasteiger partial charge in [-0.15, -0.1) is 0 Å². The van der Waals surface area contributed by atoms with Crippen molar-refractivity contribution in [2.24, 2.45) is 0 Å². The van der Waals surface area contributed by atoms with Crippen LogP contribution in [-0.4, -0.2) is 25.7 Å². The van der Waals surface area contributed by atoms with Crippen LogP contribution < -0.4 is 10.6 Å². The Bertz CT molecular complexity index is 525. The lowest BCUT2D eigenvalue weighted by Gasteiger charge is -2.19. The minimum absolute atomic E-state index is 0.219. The summed E-state index contributed by atoms with van der Waals surface area (Å²) < 4.78 is 10.3. The molecule has 0 aliphatic carbocycles. The molecule has 0 radical (unpaired) electrons. The number of ether oxygens (including phenoxy) is 2. The van der Waals surface area contributed by atoms with Crippen LogP contribution in [0.5, 0.6) is 0 Å². The largest absolute Gasteiger partial charge is 0.494 e. The summed E-state index contributed by atoms with van der Waals surface area (Å²) in [7, 11) is 0. The van der Waals surface area contributed by atoms with E-state index in [2.05, 4.69) is 10.6 Å². The molecular weight excluding hydrogens is 244 g/mol. The minimum Gasteiger partial charge on any atom is -0.494 e. The van der Waals surface area contributed by atoms with Crippen molar-refractivity contribution in [3.63, 3.8) is 0 Å². The van der Waals surface area contributed by atoms with Gasteiger partial charge in [0.15, 0.2) is 0 Å². The molecule has 5 nitrogen and oxygen atoms in total. The molecule has 0 fully saturated rings. The summed E-state index contributed by atoms with van der Waals surface area (Å²) in [6.07, 6.45) is 3.59. The summed E-state index contributed by atoms with van der Waals surface area (Å²) in [6.45, 7) is 1.87. The highest BCUT2D eigenvalue weighted by molar-refractivity contribution is 6.02. The standard InChI is InChI=1S/C14H16N2O3/c17-14(13-9-18-6-7-19-13)16-11-4-3-10-2-1-5-15-12(10)8-11/h3-4,8-9,15H,1-2,5-7H2,(H,16,17). The van der Waals surface area contributed by atoms with Crippen LogP contribution in [0.2, 0.25) is 0 Å². The molecule has 0 saturated heterocycles. The molecule has 1 amide bonds. The molecule has 0 saturated carbocycles. The second kappa shape index (κ2) is 5.22. The molecular formula is C14H16N2O3. The number of rotatable bonds is 2. The number of amides is 1. The van der Waals surface area contributed by atoms with E-state index in [1.54, 1.807) is 0 Å². The van der Waals surface area contributed by atoms with Gasteiger partial charge in [0.25, 0.3) is 5.91 Å². The molecule has 0 bridgehead atoms. The highest BCUT2D eigenvalue weighted by Gasteiger charge is 2.16. The fourth-order valence-electron chi connectivity index (χ4n) is 2.22. The molecule has 2 aliphatic heterocycles. The van der Waals surface area contributed by atoms with E-state index < -0.39 is 0 Å². The third kappa shape index (κ3) is 2.65. The van der Waals surface area contributed by atoms with Crippen molar-refractivity contribution in [2.45, 2.75) is 12.8 Å². The first-order chi connectivity index (χ1) is 9.33. The molecule has 19 heavy (non-hydrogen) atoms. The third-order valence-corrected chi connectivity index (χ3v) is 3.18. The van der Waals surface area contributed by atoms with E-state index in [1.165, 1.54) is 11.8 Å². The van der Waals surface area contributed by atoms with Crippen molar-refractivity contribution in [3.05, 3.63) is 35.8 Å². The van der Waals surface area contributed by atoms with Crippen LogP contribution in [0, 0.1) is 0 Å². The molecule has 0 atom stereocenters. The van der Waals surface area contributed by atoms with Gasteiger partial charge in [-0.05, 0) is 30.5 Å². The summed E-state index contributed by atoms with van der Waals surface area (Å²) in [5.41, 5.74) is 3.15. The summed E-state index contributed by atoms with van der Waals surface area (Å²) in [4.78, 5) is 11.9. The number of nitrogens with one attached hydrogen (secondary N) is 2. The lowest BCUT2D eigenvalue weighted by atomic mass is 10.0. The van der Waals surface area contributed by atoms with Crippen LogP contribution in [0.15, 0.2) is 30.2 Å². The van der Waals surface area contributed by atoms with Crippen LogP contribution >= 0.6 is 0 Å². The van der Waals surface area contributed by atoms with Gasteiger partial charge in [-0.1, -0.05) is 6.07 Å². The maximum Gasteiger partial charge on any atom is 0.294 e. The maximum absolute atomic E-state index is 11.9. The zero-order chi connectivity index (χ0) is 13.1. The molecule has 0 unspecified atom stereocenters. The van der Waals surface area contributed by atoms with Gasteiger partial charge in [0, 0.05) is 17.9 Å². The number of aryl methyl sites for hydroxylation is 1. The molecule has 2 aliphatic rings. The zero-order valence-electron chi connectivity index (χ0n) is 10.6. The smallest absolute Gasteiger partial charge is 0.294 e. The lowest BCUT2D eigenvalue weighted by molar-refractivity contribution is -0.117. The van der Waals surface area contributed by atoms with E-state index in [1.807, 2.05) is 18.2 Å². The Morgan fingerprint density at radius 2 is 2.26 bits per heavy atom. The Labute approximate surface area is 111 Å². The van der Waals surface area contributed by atoms with Gasteiger partial charge in [0.1, 0.15) is 19.5 Å². The monoisotopic (exact) mass is 260 g/mol. The first kappa shape index (κ1) is 11.9. The fourth-order valence-corrected chi connectivity index (χ4v) is 2.22. The lowest BCUT2D eigenvalue weighted by Crippen LogP contribution is -2.21. The van der Waals surface area contributed by atoms with Crippen molar-refractivity contribution in [3.8, 4) is 0 Å². The van der Waals surface area contributed by atoms with Gasteiger partial charge in [-0.3, -0.25) is 4.79 Å². The second-order valence-corrected chi connectivity index (χ2v) is 4.56. The molecule has 2 heterocycles. The van der Waals surface area contributed by atoms with E-state index in [0.29, 0.717) is 13.2 Å².